The molecule has 1 aliphatic rings. The summed E-state index contributed by atoms with van der Waals surface area (Å²) in [6.07, 6.45) is 2.57. The molecule has 4 nitrogen and oxygen atoms in total. The van der Waals surface area contributed by atoms with Gasteiger partial charge in [0.05, 0.1) is 11.7 Å². The van der Waals surface area contributed by atoms with E-state index in [0.717, 1.165) is 5.56 Å². The van der Waals surface area contributed by atoms with E-state index in [4.69, 9.17) is 9.47 Å². The molecule has 21 heavy (non-hydrogen) atoms. The Bertz CT molecular complexity index is 574. The standard InChI is InChI=1S/C17H20O4/c1-4-11(2)16(18)20-12(3)9-10-15-13-7-5-6-8-14(13)17(19)21-15/h4-8,12,15H,9-10H2,1-3H3/b11-4-. The third-order valence-corrected chi connectivity index (χ3v) is 3.68. The van der Waals surface area contributed by atoms with Crippen LogP contribution in [0, 0.1) is 0 Å². The first-order chi connectivity index (χ1) is 10.0. The number of rotatable bonds is 5. The van der Waals surface area contributed by atoms with E-state index >= 15 is 0 Å². The van der Waals surface area contributed by atoms with Gasteiger partial charge in [-0.25, -0.2) is 9.59 Å². The van der Waals surface area contributed by atoms with Gasteiger partial charge in [0.2, 0.25) is 0 Å². The predicted octanol–water partition coefficient (Wildman–Crippen LogP) is 3.58. The van der Waals surface area contributed by atoms with Crippen LogP contribution in [-0.4, -0.2) is 18.0 Å². The molecule has 0 spiro atoms. The van der Waals surface area contributed by atoms with Crippen molar-refractivity contribution in [1.29, 1.82) is 0 Å². The molecule has 0 aromatic heterocycles. The summed E-state index contributed by atoms with van der Waals surface area (Å²) < 4.78 is 10.7. The predicted molar refractivity (Wildman–Crippen MR) is 78.8 cm³/mol. The molecular formula is C17H20O4. The van der Waals surface area contributed by atoms with E-state index in [-0.39, 0.29) is 24.1 Å². The van der Waals surface area contributed by atoms with Crippen molar-refractivity contribution in [2.75, 3.05) is 0 Å². The van der Waals surface area contributed by atoms with Crippen molar-refractivity contribution in [3.05, 3.63) is 47.0 Å². The van der Waals surface area contributed by atoms with Gasteiger partial charge in [0, 0.05) is 11.1 Å². The summed E-state index contributed by atoms with van der Waals surface area (Å²) in [7, 11) is 0. The monoisotopic (exact) mass is 288 g/mol. The van der Waals surface area contributed by atoms with E-state index in [1.807, 2.05) is 25.1 Å². The molecule has 0 fully saturated rings. The Hall–Kier alpha value is -2.10. The van der Waals surface area contributed by atoms with E-state index in [0.29, 0.717) is 24.0 Å². The van der Waals surface area contributed by atoms with Crippen molar-refractivity contribution >= 4 is 11.9 Å². The Kier molecular flexibility index (Phi) is 4.78. The summed E-state index contributed by atoms with van der Waals surface area (Å²) in [6.45, 7) is 5.38. The highest BCUT2D eigenvalue weighted by Gasteiger charge is 2.30. The maximum atomic E-state index is 11.7. The fraction of sp³-hybridized carbons (Fsp3) is 0.412. The summed E-state index contributed by atoms with van der Waals surface area (Å²) in [6, 6.07) is 7.40. The van der Waals surface area contributed by atoms with Crippen LogP contribution in [-0.2, 0) is 14.3 Å². The molecule has 1 aromatic carbocycles. The molecule has 0 aliphatic carbocycles. The highest BCUT2D eigenvalue weighted by molar-refractivity contribution is 5.93. The number of ether oxygens (including phenoxy) is 2. The van der Waals surface area contributed by atoms with Crippen LogP contribution in [0.5, 0.6) is 0 Å². The van der Waals surface area contributed by atoms with Gasteiger partial charge in [0.25, 0.3) is 0 Å². The normalized spacial score (nSPS) is 18.9. The molecule has 0 amide bonds. The zero-order valence-corrected chi connectivity index (χ0v) is 12.6. The van der Waals surface area contributed by atoms with Crippen LogP contribution in [0.1, 0.15) is 55.6 Å². The molecule has 112 valence electrons. The van der Waals surface area contributed by atoms with Crippen LogP contribution in [0.3, 0.4) is 0 Å². The van der Waals surface area contributed by atoms with E-state index in [1.54, 1.807) is 26.0 Å². The molecule has 2 rings (SSSR count). The third kappa shape index (κ3) is 3.51. The minimum Gasteiger partial charge on any atom is -0.459 e. The van der Waals surface area contributed by atoms with Crippen molar-refractivity contribution in [1.82, 2.24) is 0 Å². The Morgan fingerprint density at radius 1 is 1.43 bits per heavy atom. The molecule has 1 aliphatic heterocycles. The molecule has 2 atom stereocenters. The number of fused-ring (bicyclic) bond motifs is 1. The van der Waals surface area contributed by atoms with Crippen molar-refractivity contribution in [2.24, 2.45) is 0 Å². The van der Waals surface area contributed by atoms with Crippen LogP contribution in [0.2, 0.25) is 0 Å². The summed E-state index contributed by atoms with van der Waals surface area (Å²) in [4.78, 5) is 23.4. The van der Waals surface area contributed by atoms with Crippen molar-refractivity contribution in [2.45, 2.75) is 45.8 Å². The van der Waals surface area contributed by atoms with Gasteiger partial charge in [0.15, 0.2) is 0 Å². The minimum absolute atomic E-state index is 0.209. The van der Waals surface area contributed by atoms with Gasteiger partial charge >= 0.3 is 11.9 Å². The van der Waals surface area contributed by atoms with Crippen molar-refractivity contribution in [3.63, 3.8) is 0 Å². The zero-order chi connectivity index (χ0) is 15.4. The second kappa shape index (κ2) is 6.57. The van der Waals surface area contributed by atoms with Crippen molar-refractivity contribution in [3.8, 4) is 0 Å². The van der Waals surface area contributed by atoms with Crippen LogP contribution in [0.15, 0.2) is 35.9 Å². The molecule has 1 heterocycles. The number of carbonyl (C=O) groups is 2. The lowest BCUT2D eigenvalue weighted by Crippen LogP contribution is -2.16. The first-order valence-corrected chi connectivity index (χ1v) is 7.16. The van der Waals surface area contributed by atoms with Gasteiger partial charge in [-0.3, -0.25) is 0 Å². The maximum absolute atomic E-state index is 11.7. The minimum atomic E-state index is -0.297. The molecule has 0 saturated carbocycles. The molecule has 0 saturated heterocycles. The number of carbonyl (C=O) groups excluding carboxylic acids is 2. The number of esters is 2. The van der Waals surface area contributed by atoms with Crippen LogP contribution >= 0.6 is 0 Å². The maximum Gasteiger partial charge on any atom is 0.339 e. The average Bonchev–Trinajstić information content (AvgIpc) is 2.81. The Morgan fingerprint density at radius 3 is 2.86 bits per heavy atom. The molecule has 0 N–H and O–H groups in total. The fourth-order valence-corrected chi connectivity index (χ4v) is 2.27. The second-order valence-corrected chi connectivity index (χ2v) is 5.25. The smallest absolute Gasteiger partial charge is 0.339 e. The quantitative estimate of drug-likeness (QED) is 0.614. The number of benzene rings is 1. The highest BCUT2D eigenvalue weighted by Crippen LogP contribution is 2.34. The molecule has 2 unspecified atom stereocenters. The first-order valence-electron chi connectivity index (χ1n) is 7.16. The third-order valence-electron chi connectivity index (χ3n) is 3.68. The van der Waals surface area contributed by atoms with Gasteiger partial charge in [-0.05, 0) is 39.7 Å². The van der Waals surface area contributed by atoms with Gasteiger partial charge in [-0.15, -0.1) is 0 Å². The summed E-state index contributed by atoms with van der Waals surface area (Å²) >= 11 is 0. The zero-order valence-electron chi connectivity index (χ0n) is 12.6. The van der Waals surface area contributed by atoms with Gasteiger partial charge in [0.1, 0.15) is 6.10 Å². The molecule has 4 heteroatoms. The van der Waals surface area contributed by atoms with Gasteiger partial charge in [-0.1, -0.05) is 24.3 Å². The Morgan fingerprint density at radius 2 is 2.14 bits per heavy atom. The number of hydrogen-bond acceptors (Lipinski definition) is 4. The summed E-state index contributed by atoms with van der Waals surface area (Å²) in [5, 5.41) is 0. The summed E-state index contributed by atoms with van der Waals surface area (Å²) in [5.41, 5.74) is 2.15. The van der Waals surface area contributed by atoms with Gasteiger partial charge in [-0.2, -0.15) is 0 Å². The van der Waals surface area contributed by atoms with E-state index in [1.165, 1.54) is 0 Å². The number of allylic oxidation sites excluding steroid dienone is 1. The van der Waals surface area contributed by atoms with Crippen LogP contribution in [0.25, 0.3) is 0 Å². The van der Waals surface area contributed by atoms with Crippen LogP contribution in [0.4, 0.5) is 0 Å². The average molecular weight is 288 g/mol. The van der Waals surface area contributed by atoms with Gasteiger partial charge < -0.3 is 9.47 Å². The van der Waals surface area contributed by atoms with Crippen molar-refractivity contribution < 1.29 is 19.1 Å². The topological polar surface area (TPSA) is 52.6 Å². The first kappa shape index (κ1) is 15.3. The lowest BCUT2D eigenvalue weighted by atomic mass is 10.0. The fourth-order valence-electron chi connectivity index (χ4n) is 2.27. The number of hydrogen-bond donors (Lipinski definition) is 0. The highest BCUT2D eigenvalue weighted by atomic mass is 16.6. The number of cyclic esters (lactones) is 1. The lowest BCUT2D eigenvalue weighted by Gasteiger charge is -2.16. The van der Waals surface area contributed by atoms with E-state index in [9.17, 15) is 9.59 Å². The van der Waals surface area contributed by atoms with E-state index in [2.05, 4.69) is 0 Å². The Balaban J connectivity index is 1.90. The molecular weight excluding hydrogens is 268 g/mol. The van der Waals surface area contributed by atoms with E-state index < -0.39 is 0 Å². The summed E-state index contributed by atoms with van der Waals surface area (Å²) in [5.74, 6) is -0.571. The van der Waals surface area contributed by atoms with Crippen LogP contribution < -0.4 is 0 Å². The second-order valence-electron chi connectivity index (χ2n) is 5.25. The molecule has 1 aromatic rings. The molecule has 0 radical (unpaired) electrons. The Labute approximate surface area is 124 Å². The largest absolute Gasteiger partial charge is 0.459 e. The lowest BCUT2D eigenvalue weighted by molar-refractivity contribution is -0.143. The SMILES string of the molecule is C/C=C(/C)C(=O)OC(C)CCC1OC(=O)c2ccccc21. The molecule has 0 bridgehead atoms.